The van der Waals surface area contributed by atoms with Gasteiger partial charge in [0.1, 0.15) is 0 Å². The van der Waals surface area contributed by atoms with Gasteiger partial charge in [-0.15, -0.1) is 0 Å². The Labute approximate surface area is 109 Å². The van der Waals surface area contributed by atoms with Crippen molar-refractivity contribution in [2.45, 2.75) is 0 Å². The number of amides is 1. The summed E-state index contributed by atoms with van der Waals surface area (Å²) in [6.45, 7) is 0. The van der Waals surface area contributed by atoms with E-state index in [1.165, 1.54) is 18.2 Å². The highest BCUT2D eigenvalue weighted by Crippen LogP contribution is 2.21. The molecule has 5 nitrogen and oxygen atoms in total. The summed E-state index contributed by atoms with van der Waals surface area (Å²) in [5, 5.41) is 10.8. The molecule has 5 heteroatoms. The van der Waals surface area contributed by atoms with Gasteiger partial charge in [-0.05, 0) is 18.2 Å². The molecule has 0 spiro atoms. The Morgan fingerprint density at radius 3 is 2.26 bits per heavy atom. The summed E-state index contributed by atoms with van der Waals surface area (Å²) in [5.41, 5.74) is 7.15. The van der Waals surface area contributed by atoms with Gasteiger partial charge in [-0.1, -0.05) is 30.3 Å². The van der Waals surface area contributed by atoms with Crippen molar-refractivity contribution in [1.29, 1.82) is 0 Å². The molecular formula is C14H12N2O3. The van der Waals surface area contributed by atoms with Gasteiger partial charge in [-0.25, -0.2) is 4.79 Å². The van der Waals surface area contributed by atoms with Crippen molar-refractivity contribution in [3.63, 3.8) is 0 Å². The molecule has 0 saturated heterocycles. The molecule has 1 amide bonds. The van der Waals surface area contributed by atoms with Gasteiger partial charge in [0, 0.05) is 11.1 Å². The maximum absolute atomic E-state index is 12.1. The Morgan fingerprint density at radius 2 is 1.68 bits per heavy atom. The number of ketones is 1. The van der Waals surface area contributed by atoms with Crippen LogP contribution < -0.4 is 11.1 Å². The molecule has 0 unspecified atom stereocenters. The van der Waals surface area contributed by atoms with Crippen LogP contribution in [0.1, 0.15) is 15.9 Å². The van der Waals surface area contributed by atoms with E-state index in [0.717, 1.165) is 0 Å². The van der Waals surface area contributed by atoms with Crippen LogP contribution in [0.25, 0.3) is 0 Å². The summed E-state index contributed by atoms with van der Waals surface area (Å²) in [6, 6.07) is 13.3. The Kier molecular flexibility index (Phi) is 3.47. The van der Waals surface area contributed by atoms with Gasteiger partial charge in [0.25, 0.3) is 0 Å². The van der Waals surface area contributed by atoms with Gasteiger partial charge in [-0.3, -0.25) is 10.1 Å². The van der Waals surface area contributed by atoms with Gasteiger partial charge in [0.2, 0.25) is 0 Å². The monoisotopic (exact) mass is 256 g/mol. The Balaban J connectivity index is 2.30. The number of anilines is 2. The van der Waals surface area contributed by atoms with Crippen LogP contribution in [-0.4, -0.2) is 17.0 Å². The van der Waals surface area contributed by atoms with Crippen molar-refractivity contribution in [3.05, 3.63) is 59.7 Å². The van der Waals surface area contributed by atoms with Gasteiger partial charge in [-0.2, -0.15) is 0 Å². The zero-order chi connectivity index (χ0) is 13.8. The smallest absolute Gasteiger partial charge is 0.409 e. The molecule has 0 fully saturated rings. The summed E-state index contributed by atoms with van der Waals surface area (Å²) in [4.78, 5) is 22.7. The quantitative estimate of drug-likeness (QED) is 0.581. The van der Waals surface area contributed by atoms with Gasteiger partial charge in [0.15, 0.2) is 5.78 Å². The van der Waals surface area contributed by atoms with Gasteiger partial charge >= 0.3 is 6.09 Å². The standard InChI is InChI=1S/C14H12N2O3/c15-11-8-10(6-7-12(11)16-14(18)19)13(17)9-4-2-1-3-5-9/h1-8,16H,15H2,(H,18,19). The number of carbonyl (C=O) groups excluding carboxylic acids is 1. The van der Waals surface area contributed by atoms with E-state index in [0.29, 0.717) is 11.1 Å². The molecule has 19 heavy (non-hydrogen) atoms. The van der Waals surface area contributed by atoms with Crippen LogP contribution in [0, 0.1) is 0 Å². The number of hydrogen-bond acceptors (Lipinski definition) is 3. The number of carbonyl (C=O) groups is 2. The molecule has 2 rings (SSSR count). The first kappa shape index (κ1) is 12.6. The zero-order valence-corrected chi connectivity index (χ0v) is 9.96. The summed E-state index contributed by atoms with van der Waals surface area (Å²) >= 11 is 0. The zero-order valence-electron chi connectivity index (χ0n) is 9.96. The second-order valence-electron chi connectivity index (χ2n) is 3.93. The van der Waals surface area contributed by atoms with Gasteiger partial charge in [0.05, 0.1) is 11.4 Å². The van der Waals surface area contributed by atoms with Crippen LogP contribution in [0.4, 0.5) is 16.2 Å². The van der Waals surface area contributed by atoms with E-state index in [1.807, 2.05) is 6.07 Å². The molecule has 2 aromatic rings. The molecule has 0 atom stereocenters. The number of carboxylic acid groups (broad SMARTS) is 1. The molecule has 0 aliphatic heterocycles. The van der Waals surface area contributed by atoms with Crippen LogP contribution in [0.3, 0.4) is 0 Å². The average molecular weight is 256 g/mol. The van der Waals surface area contributed by atoms with E-state index in [4.69, 9.17) is 10.8 Å². The summed E-state index contributed by atoms with van der Waals surface area (Å²) in [5.74, 6) is -0.158. The van der Waals surface area contributed by atoms with Crippen LogP contribution in [0.2, 0.25) is 0 Å². The molecule has 0 aliphatic carbocycles. The third-order valence-electron chi connectivity index (χ3n) is 2.59. The molecule has 4 N–H and O–H groups in total. The van der Waals surface area contributed by atoms with Crippen molar-refractivity contribution in [2.75, 3.05) is 11.1 Å². The second-order valence-corrected chi connectivity index (χ2v) is 3.93. The lowest BCUT2D eigenvalue weighted by Crippen LogP contribution is -2.10. The first-order chi connectivity index (χ1) is 9.08. The van der Waals surface area contributed by atoms with Crippen molar-refractivity contribution in [3.8, 4) is 0 Å². The minimum atomic E-state index is -1.20. The Bertz CT molecular complexity index is 624. The lowest BCUT2D eigenvalue weighted by molar-refractivity contribution is 0.103. The fraction of sp³-hybridized carbons (Fsp3) is 0. The SMILES string of the molecule is Nc1cc(C(=O)c2ccccc2)ccc1NC(=O)O. The maximum Gasteiger partial charge on any atom is 0.409 e. The lowest BCUT2D eigenvalue weighted by atomic mass is 10.0. The van der Waals surface area contributed by atoms with Crippen molar-refractivity contribution in [2.24, 2.45) is 0 Å². The molecule has 0 heterocycles. The highest BCUT2D eigenvalue weighted by Gasteiger charge is 2.11. The third-order valence-corrected chi connectivity index (χ3v) is 2.59. The molecule has 0 saturated carbocycles. The minimum Gasteiger partial charge on any atom is -0.465 e. The Hall–Kier alpha value is -2.82. The number of benzene rings is 2. The first-order valence-corrected chi connectivity index (χ1v) is 5.57. The van der Waals surface area contributed by atoms with Crippen LogP contribution in [0.15, 0.2) is 48.5 Å². The number of rotatable bonds is 3. The van der Waals surface area contributed by atoms with Crippen molar-refractivity contribution >= 4 is 23.3 Å². The average Bonchev–Trinajstić information content (AvgIpc) is 2.41. The van der Waals surface area contributed by atoms with Crippen molar-refractivity contribution in [1.82, 2.24) is 0 Å². The molecule has 0 aliphatic rings. The molecule has 0 radical (unpaired) electrons. The number of nitrogens with two attached hydrogens (primary N) is 1. The van der Waals surface area contributed by atoms with Crippen molar-refractivity contribution < 1.29 is 14.7 Å². The van der Waals surface area contributed by atoms with E-state index < -0.39 is 6.09 Å². The second kappa shape index (κ2) is 5.22. The normalized spacial score (nSPS) is 9.89. The lowest BCUT2D eigenvalue weighted by Gasteiger charge is -2.07. The van der Waals surface area contributed by atoms with E-state index in [9.17, 15) is 9.59 Å². The van der Waals surface area contributed by atoms with E-state index in [-0.39, 0.29) is 17.2 Å². The van der Waals surface area contributed by atoms with E-state index in [2.05, 4.69) is 5.32 Å². The molecular weight excluding hydrogens is 244 g/mol. The highest BCUT2D eigenvalue weighted by molar-refractivity contribution is 6.10. The van der Waals surface area contributed by atoms with Crippen LogP contribution in [0.5, 0.6) is 0 Å². The largest absolute Gasteiger partial charge is 0.465 e. The maximum atomic E-state index is 12.1. The molecule has 2 aromatic carbocycles. The Morgan fingerprint density at radius 1 is 1.00 bits per heavy atom. The topological polar surface area (TPSA) is 92.4 Å². The number of nitrogen functional groups attached to an aromatic ring is 1. The highest BCUT2D eigenvalue weighted by atomic mass is 16.4. The van der Waals surface area contributed by atoms with Crippen LogP contribution in [-0.2, 0) is 0 Å². The summed E-state index contributed by atoms with van der Waals surface area (Å²) in [7, 11) is 0. The fourth-order valence-corrected chi connectivity index (χ4v) is 1.69. The van der Waals surface area contributed by atoms with Crippen LogP contribution >= 0.6 is 0 Å². The number of nitrogens with one attached hydrogen (secondary N) is 1. The molecule has 0 bridgehead atoms. The van der Waals surface area contributed by atoms with E-state index >= 15 is 0 Å². The molecule has 0 aromatic heterocycles. The first-order valence-electron chi connectivity index (χ1n) is 5.57. The third kappa shape index (κ3) is 2.90. The number of hydrogen-bond donors (Lipinski definition) is 3. The van der Waals surface area contributed by atoms with E-state index in [1.54, 1.807) is 24.3 Å². The summed E-state index contributed by atoms with van der Waals surface area (Å²) < 4.78 is 0. The predicted octanol–water partition coefficient (Wildman–Crippen LogP) is 2.59. The predicted molar refractivity (Wildman–Crippen MR) is 72.4 cm³/mol. The molecule has 96 valence electrons. The minimum absolute atomic E-state index is 0.158. The van der Waals surface area contributed by atoms with Gasteiger partial charge < -0.3 is 10.8 Å². The summed E-state index contributed by atoms with van der Waals surface area (Å²) in [6.07, 6.45) is -1.20. The fourth-order valence-electron chi connectivity index (χ4n) is 1.69.